The number of rotatable bonds is 4. The second-order valence-corrected chi connectivity index (χ2v) is 7.27. The van der Waals surface area contributed by atoms with E-state index in [4.69, 9.17) is 0 Å². The number of carboxylic acid groups (broad SMARTS) is 1. The first-order chi connectivity index (χ1) is 9.61. The lowest BCUT2D eigenvalue weighted by molar-refractivity contribution is -0.142. The van der Waals surface area contributed by atoms with Crippen molar-refractivity contribution < 1.29 is 14.7 Å². The number of carbonyl (C=O) groups excluding carboxylic acids is 1. The fourth-order valence-electron chi connectivity index (χ4n) is 2.51. The number of urea groups is 1. The molecule has 1 atom stereocenters. The Bertz CT molecular complexity index is 369. The molecule has 2 amide bonds. The van der Waals surface area contributed by atoms with Gasteiger partial charge in [-0.05, 0) is 11.3 Å². The molecule has 6 heteroatoms. The maximum atomic E-state index is 12.2. The van der Waals surface area contributed by atoms with Crippen molar-refractivity contribution in [3.8, 4) is 0 Å². The van der Waals surface area contributed by atoms with E-state index in [1.165, 1.54) is 0 Å². The summed E-state index contributed by atoms with van der Waals surface area (Å²) in [7, 11) is 0. The van der Waals surface area contributed by atoms with Crippen LogP contribution in [0.15, 0.2) is 0 Å². The topological polar surface area (TPSA) is 72.9 Å². The van der Waals surface area contributed by atoms with Crippen LogP contribution in [0.5, 0.6) is 0 Å². The number of amides is 2. The van der Waals surface area contributed by atoms with E-state index in [1.807, 2.05) is 20.8 Å². The van der Waals surface area contributed by atoms with E-state index in [0.29, 0.717) is 19.0 Å². The van der Waals surface area contributed by atoms with Crippen LogP contribution >= 0.6 is 0 Å². The molecule has 0 spiro atoms. The van der Waals surface area contributed by atoms with Gasteiger partial charge in [0.1, 0.15) is 6.04 Å². The molecule has 0 aromatic rings. The van der Waals surface area contributed by atoms with Gasteiger partial charge < -0.3 is 15.3 Å². The van der Waals surface area contributed by atoms with E-state index in [2.05, 4.69) is 24.1 Å². The molecule has 1 fully saturated rings. The average Bonchev–Trinajstić information content (AvgIpc) is 2.34. The molecule has 0 aliphatic carbocycles. The van der Waals surface area contributed by atoms with E-state index in [0.717, 1.165) is 19.6 Å². The molecular formula is C15H29N3O3. The monoisotopic (exact) mass is 299 g/mol. The molecule has 0 aromatic heterocycles. The van der Waals surface area contributed by atoms with Gasteiger partial charge in [-0.25, -0.2) is 9.59 Å². The highest BCUT2D eigenvalue weighted by Gasteiger charge is 2.34. The predicted octanol–water partition coefficient (Wildman–Crippen LogP) is 1.47. The first-order valence-corrected chi connectivity index (χ1v) is 7.62. The summed E-state index contributed by atoms with van der Waals surface area (Å²) in [6, 6.07) is -1.15. The Balaban J connectivity index is 2.52. The summed E-state index contributed by atoms with van der Waals surface area (Å²) in [6.07, 6.45) is 0. The molecule has 1 aliphatic rings. The zero-order valence-electron chi connectivity index (χ0n) is 13.8. The van der Waals surface area contributed by atoms with Crippen molar-refractivity contribution in [2.75, 3.05) is 32.7 Å². The number of piperazine rings is 1. The molecular weight excluding hydrogens is 270 g/mol. The van der Waals surface area contributed by atoms with E-state index in [1.54, 1.807) is 4.90 Å². The number of aliphatic carboxylic acids is 1. The number of nitrogens with one attached hydrogen (secondary N) is 1. The Morgan fingerprint density at radius 3 is 2.05 bits per heavy atom. The predicted molar refractivity (Wildman–Crippen MR) is 82.3 cm³/mol. The van der Waals surface area contributed by atoms with Crippen LogP contribution < -0.4 is 5.32 Å². The van der Waals surface area contributed by atoms with Crippen LogP contribution in [0.1, 0.15) is 34.6 Å². The van der Waals surface area contributed by atoms with E-state index < -0.39 is 17.4 Å². The van der Waals surface area contributed by atoms with Gasteiger partial charge in [0.25, 0.3) is 0 Å². The Kier molecular flexibility index (Phi) is 6.01. The van der Waals surface area contributed by atoms with E-state index in [9.17, 15) is 14.7 Å². The summed E-state index contributed by atoms with van der Waals surface area (Å²) >= 11 is 0. The summed E-state index contributed by atoms with van der Waals surface area (Å²) in [5, 5.41) is 11.9. The smallest absolute Gasteiger partial charge is 0.326 e. The first-order valence-electron chi connectivity index (χ1n) is 7.62. The average molecular weight is 299 g/mol. The molecule has 1 saturated heterocycles. The van der Waals surface area contributed by atoms with Crippen LogP contribution in [0, 0.1) is 11.3 Å². The Morgan fingerprint density at radius 1 is 1.14 bits per heavy atom. The molecule has 21 heavy (non-hydrogen) atoms. The third kappa shape index (κ3) is 5.53. The van der Waals surface area contributed by atoms with Gasteiger partial charge in [-0.15, -0.1) is 0 Å². The van der Waals surface area contributed by atoms with Crippen LogP contribution in [-0.2, 0) is 4.79 Å². The zero-order valence-corrected chi connectivity index (χ0v) is 13.8. The van der Waals surface area contributed by atoms with Crippen molar-refractivity contribution in [1.29, 1.82) is 0 Å². The van der Waals surface area contributed by atoms with Crippen molar-refractivity contribution in [3.05, 3.63) is 0 Å². The standard InChI is InChI=1S/C15H29N3O3/c1-11(2)10-17-6-8-18(9-7-17)14(21)16-12(13(19)20)15(3,4)5/h11-12H,6-10H2,1-5H3,(H,16,21)(H,19,20)/t12-/m0/s1. The summed E-state index contributed by atoms with van der Waals surface area (Å²) in [5.41, 5.74) is -0.513. The van der Waals surface area contributed by atoms with Crippen LogP contribution in [0.2, 0.25) is 0 Å². The first kappa shape index (κ1) is 17.8. The van der Waals surface area contributed by atoms with Crippen molar-refractivity contribution in [3.63, 3.8) is 0 Å². The number of hydrogen-bond donors (Lipinski definition) is 2. The largest absolute Gasteiger partial charge is 0.480 e. The second kappa shape index (κ2) is 7.11. The molecule has 2 N–H and O–H groups in total. The normalized spacial score (nSPS) is 18.7. The number of carboxylic acids is 1. The molecule has 1 aliphatic heterocycles. The maximum Gasteiger partial charge on any atom is 0.326 e. The zero-order chi connectivity index (χ0) is 16.2. The van der Waals surface area contributed by atoms with Crippen LogP contribution in [0.4, 0.5) is 4.79 Å². The van der Waals surface area contributed by atoms with Gasteiger partial charge in [0.2, 0.25) is 0 Å². The second-order valence-electron chi connectivity index (χ2n) is 7.27. The van der Waals surface area contributed by atoms with E-state index >= 15 is 0 Å². The number of hydrogen-bond acceptors (Lipinski definition) is 3. The third-order valence-corrected chi connectivity index (χ3v) is 3.66. The van der Waals surface area contributed by atoms with Gasteiger partial charge in [0.05, 0.1) is 0 Å². The van der Waals surface area contributed by atoms with Crippen molar-refractivity contribution in [2.45, 2.75) is 40.7 Å². The molecule has 1 rings (SSSR count). The van der Waals surface area contributed by atoms with Gasteiger partial charge >= 0.3 is 12.0 Å². The third-order valence-electron chi connectivity index (χ3n) is 3.66. The Hall–Kier alpha value is -1.30. The minimum Gasteiger partial charge on any atom is -0.480 e. The van der Waals surface area contributed by atoms with Crippen molar-refractivity contribution in [1.82, 2.24) is 15.1 Å². The number of nitrogens with zero attached hydrogens (tertiary/aromatic N) is 2. The van der Waals surface area contributed by atoms with Gasteiger partial charge in [0, 0.05) is 32.7 Å². The van der Waals surface area contributed by atoms with Gasteiger partial charge in [0.15, 0.2) is 0 Å². The minimum atomic E-state index is -0.991. The molecule has 122 valence electrons. The molecule has 6 nitrogen and oxygen atoms in total. The van der Waals surface area contributed by atoms with Gasteiger partial charge in [-0.2, -0.15) is 0 Å². The van der Waals surface area contributed by atoms with Gasteiger partial charge in [-0.1, -0.05) is 34.6 Å². The summed E-state index contributed by atoms with van der Waals surface area (Å²) in [5.74, 6) is -0.378. The van der Waals surface area contributed by atoms with Crippen LogP contribution in [0.3, 0.4) is 0 Å². The van der Waals surface area contributed by atoms with Gasteiger partial charge in [-0.3, -0.25) is 4.90 Å². The SMILES string of the molecule is CC(C)CN1CCN(C(=O)N[C@@H](C(=O)O)C(C)(C)C)CC1. The summed E-state index contributed by atoms with van der Waals surface area (Å²) < 4.78 is 0. The van der Waals surface area contributed by atoms with Crippen molar-refractivity contribution in [2.24, 2.45) is 11.3 Å². The molecule has 0 aromatic carbocycles. The fraction of sp³-hybridized carbons (Fsp3) is 0.867. The highest BCUT2D eigenvalue weighted by atomic mass is 16.4. The van der Waals surface area contributed by atoms with Crippen LogP contribution in [0.25, 0.3) is 0 Å². The Labute approximate surface area is 127 Å². The van der Waals surface area contributed by atoms with Crippen LogP contribution in [-0.4, -0.2) is 65.7 Å². The molecule has 1 heterocycles. The Morgan fingerprint density at radius 2 is 1.67 bits per heavy atom. The van der Waals surface area contributed by atoms with Crippen molar-refractivity contribution >= 4 is 12.0 Å². The molecule has 0 radical (unpaired) electrons. The van der Waals surface area contributed by atoms with E-state index in [-0.39, 0.29) is 6.03 Å². The highest BCUT2D eigenvalue weighted by Crippen LogP contribution is 2.19. The maximum absolute atomic E-state index is 12.2. The lowest BCUT2D eigenvalue weighted by Gasteiger charge is -2.37. The lowest BCUT2D eigenvalue weighted by Crippen LogP contribution is -2.57. The fourth-order valence-corrected chi connectivity index (χ4v) is 2.51. The summed E-state index contributed by atoms with van der Waals surface area (Å²) in [6.45, 7) is 13.8. The molecule has 0 unspecified atom stereocenters. The molecule has 0 bridgehead atoms. The highest BCUT2D eigenvalue weighted by molar-refractivity contribution is 5.83. The summed E-state index contributed by atoms with van der Waals surface area (Å²) in [4.78, 5) is 27.6. The molecule has 0 saturated carbocycles. The number of carbonyl (C=O) groups is 2. The lowest BCUT2D eigenvalue weighted by atomic mass is 9.87. The minimum absolute atomic E-state index is 0.276. The quantitative estimate of drug-likeness (QED) is 0.824.